The molecular weight excluding hydrogens is 290 g/mol. The predicted molar refractivity (Wildman–Crippen MR) is 87.0 cm³/mol. The first-order valence-corrected chi connectivity index (χ1v) is 7.68. The van der Waals surface area contributed by atoms with Crippen LogP contribution in [-0.2, 0) is 16.1 Å². The molecule has 23 heavy (non-hydrogen) atoms. The fourth-order valence-corrected chi connectivity index (χ4v) is 2.91. The first-order chi connectivity index (χ1) is 11.2. The minimum Gasteiger partial charge on any atom is -0.497 e. The molecule has 0 bridgehead atoms. The number of ether oxygens (including phenoxy) is 1. The lowest BCUT2D eigenvalue weighted by molar-refractivity contribution is -0.149. The zero-order valence-electron chi connectivity index (χ0n) is 13.1. The van der Waals surface area contributed by atoms with Gasteiger partial charge in [-0.3, -0.25) is 14.5 Å². The molecule has 2 aromatic rings. The molecule has 0 unspecified atom stereocenters. The Hall–Kier alpha value is -2.62. The van der Waals surface area contributed by atoms with Gasteiger partial charge in [0.15, 0.2) is 0 Å². The molecule has 0 aromatic heterocycles. The minimum atomic E-state index is -0.106. The van der Waals surface area contributed by atoms with Gasteiger partial charge in [-0.1, -0.05) is 42.5 Å². The van der Waals surface area contributed by atoms with E-state index in [2.05, 4.69) is 0 Å². The Kier molecular flexibility index (Phi) is 4.42. The van der Waals surface area contributed by atoms with Crippen LogP contribution in [0, 0.1) is 0 Å². The largest absolute Gasteiger partial charge is 0.497 e. The Morgan fingerprint density at radius 1 is 0.957 bits per heavy atom. The Bertz CT molecular complexity index is 676. The van der Waals surface area contributed by atoms with Crippen molar-refractivity contribution >= 4 is 11.8 Å². The van der Waals surface area contributed by atoms with Gasteiger partial charge in [0.1, 0.15) is 5.75 Å². The van der Waals surface area contributed by atoms with Gasteiger partial charge in [0.25, 0.3) is 0 Å². The van der Waals surface area contributed by atoms with Gasteiger partial charge in [-0.15, -0.1) is 0 Å². The van der Waals surface area contributed by atoms with E-state index in [4.69, 9.17) is 4.74 Å². The van der Waals surface area contributed by atoms with E-state index < -0.39 is 0 Å². The first kappa shape index (κ1) is 15.3. The van der Waals surface area contributed by atoms with Crippen molar-refractivity contribution in [3.63, 3.8) is 0 Å². The third kappa shape index (κ3) is 3.42. The Balaban J connectivity index is 1.71. The number of benzene rings is 2. The number of carbonyl (C=O) groups excluding carboxylic acids is 2. The zero-order chi connectivity index (χ0) is 16.2. The number of hydrogen-bond donors (Lipinski definition) is 0. The van der Waals surface area contributed by atoms with Crippen molar-refractivity contribution < 1.29 is 14.3 Å². The number of piperidine rings is 1. The van der Waals surface area contributed by atoms with Crippen LogP contribution in [0.4, 0.5) is 0 Å². The van der Waals surface area contributed by atoms with Crippen LogP contribution in [0.3, 0.4) is 0 Å². The highest BCUT2D eigenvalue weighted by molar-refractivity contribution is 5.98. The molecule has 0 aliphatic carbocycles. The summed E-state index contributed by atoms with van der Waals surface area (Å²) in [6.45, 7) is 0.355. The molecule has 1 heterocycles. The second kappa shape index (κ2) is 6.65. The minimum absolute atomic E-state index is 0.0482. The molecule has 0 spiro atoms. The van der Waals surface area contributed by atoms with Crippen molar-refractivity contribution in [2.45, 2.75) is 25.3 Å². The highest BCUT2D eigenvalue weighted by atomic mass is 16.5. The van der Waals surface area contributed by atoms with Gasteiger partial charge in [0.05, 0.1) is 13.7 Å². The van der Waals surface area contributed by atoms with Crippen LogP contribution >= 0.6 is 0 Å². The monoisotopic (exact) mass is 309 g/mol. The molecular formula is C19H19NO3. The Labute approximate surface area is 135 Å². The molecule has 0 atom stereocenters. The smallest absolute Gasteiger partial charge is 0.230 e. The first-order valence-electron chi connectivity index (χ1n) is 7.68. The van der Waals surface area contributed by atoms with E-state index in [1.54, 1.807) is 7.11 Å². The van der Waals surface area contributed by atoms with Gasteiger partial charge in [-0.25, -0.2) is 0 Å². The summed E-state index contributed by atoms with van der Waals surface area (Å²) in [4.78, 5) is 26.2. The van der Waals surface area contributed by atoms with Gasteiger partial charge in [0, 0.05) is 18.8 Å². The summed E-state index contributed by atoms with van der Waals surface area (Å²) in [7, 11) is 1.62. The van der Waals surface area contributed by atoms with Crippen LogP contribution in [0.25, 0.3) is 0 Å². The molecule has 4 nitrogen and oxygen atoms in total. The molecule has 4 heteroatoms. The summed E-state index contributed by atoms with van der Waals surface area (Å²) >= 11 is 0. The average molecular weight is 309 g/mol. The van der Waals surface area contributed by atoms with Crippen molar-refractivity contribution in [3.8, 4) is 5.75 Å². The van der Waals surface area contributed by atoms with E-state index in [1.165, 1.54) is 4.90 Å². The van der Waals surface area contributed by atoms with Gasteiger partial charge in [0.2, 0.25) is 11.8 Å². The molecule has 3 rings (SSSR count). The number of amides is 2. The standard InChI is InChI=1S/C19H19NO3/c1-23-17-9-7-15(8-10-17)16-11-18(21)20(19(22)12-16)13-14-5-3-2-4-6-14/h2-10,16H,11-13H2,1H3. The second-order valence-electron chi connectivity index (χ2n) is 5.74. The van der Waals surface area contributed by atoms with Crippen LogP contribution in [0.1, 0.15) is 29.9 Å². The van der Waals surface area contributed by atoms with E-state index in [0.29, 0.717) is 19.4 Å². The summed E-state index contributed by atoms with van der Waals surface area (Å²) in [6, 6.07) is 17.2. The number of carbonyl (C=O) groups is 2. The lowest BCUT2D eigenvalue weighted by Gasteiger charge is -2.30. The maximum atomic E-state index is 12.4. The topological polar surface area (TPSA) is 46.6 Å². The second-order valence-corrected chi connectivity index (χ2v) is 5.74. The third-order valence-electron chi connectivity index (χ3n) is 4.21. The Morgan fingerprint density at radius 3 is 2.13 bits per heavy atom. The molecule has 0 N–H and O–H groups in total. The van der Waals surface area contributed by atoms with Gasteiger partial charge >= 0.3 is 0 Å². The lowest BCUT2D eigenvalue weighted by Crippen LogP contribution is -2.42. The molecule has 0 saturated carbocycles. The molecule has 118 valence electrons. The number of hydrogen-bond acceptors (Lipinski definition) is 3. The van der Waals surface area contributed by atoms with E-state index in [0.717, 1.165) is 16.9 Å². The van der Waals surface area contributed by atoms with Crippen molar-refractivity contribution in [3.05, 3.63) is 65.7 Å². The van der Waals surface area contributed by atoms with Gasteiger partial charge in [-0.05, 0) is 23.3 Å². The average Bonchev–Trinajstić information content (AvgIpc) is 2.59. The number of nitrogens with zero attached hydrogens (tertiary/aromatic N) is 1. The van der Waals surface area contributed by atoms with E-state index >= 15 is 0 Å². The van der Waals surface area contributed by atoms with E-state index in [1.807, 2.05) is 54.6 Å². The predicted octanol–water partition coefficient (Wildman–Crippen LogP) is 3.13. The Morgan fingerprint density at radius 2 is 1.57 bits per heavy atom. The maximum Gasteiger partial charge on any atom is 0.230 e. The molecule has 1 saturated heterocycles. The van der Waals surface area contributed by atoms with Gasteiger partial charge < -0.3 is 4.74 Å². The molecule has 1 aliphatic rings. The summed E-state index contributed by atoms with van der Waals surface area (Å²) in [5.41, 5.74) is 1.98. The summed E-state index contributed by atoms with van der Waals surface area (Å²) in [5, 5.41) is 0. The molecule has 0 radical (unpaired) electrons. The van der Waals surface area contributed by atoms with Crippen LogP contribution in [-0.4, -0.2) is 23.8 Å². The van der Waals surface area contributed by atoms with Crippen LogP contribution < -0.4 is 4.74 Å². The van der Waals surface area contributed by atoms with Crippen molar-refractivity contribution in [2.24, 2.45) is 0 Å². The van der Waals surface area contributed by atoms with Gasteiger partial charge in [-0.2, -0.15) is 0 Å². The molecule has 1 aliphatic heterocycles. The van der Waals surface area contributed by atoms with Crippen LogP contribution in [0.2, 0.25) is 0 Å². The van der Waals surface area contributed by atoms with Crippen molar-refractivity contribution in [1.82, 2.24) is 4.90 Å². The highest BCUT2D eigenvalue weighted by Gasteiger charge is 2.33. The summed E-state index contributed by atoms with van der Waals surface area (Å²) < 4.78 is 5.14. The number of methoxy groups -OCH3 is 1. The zero-order valence-corrected chi connectivity index (χ0v) is 13.1. The SMILES string of the molecule is COc1ccc(C2CC(=O)N(Cc3ccccc3)C(=O)C2)cc1. The van der Waals surface area contributed by atoms with E-state index in [9.17, 15) is 9.59 Å². The molecule has 2 amide bonds. The lowest BCUT2D eigenvalue weighted by atomic mass is 9.88. The fraction of sp³-hybridized carbons (Fsp3) is 0.263. The van der Waals surface area contributed by atoms with Crippen LogP contribution in [0.5, 0.6) is 5.75 Å². The molecule has 1 fully saturated rings. The van der Waals surface area contributed by atoms with Crippen molar-refractivity contribution in [2.75, 3.05) is 7.11 Å². The molecule has 2 aromatic carbocycles. The van der Waals surface area contributed by atoms with E-state index in [-0.39, 0.29) is 17.7 Å². The number of rotatable bonds is 4. The normalized spacial score (nSPS) is 15.8. The maximum absolute atomic E-state index is 12.4. The number of likely N-dealkylation sites (tertiary alicyclic amines) is 1. The summed E-state index contributed by atoms with van der Waals surface area (Å²) in [6.07, 6.45) is 0.732. The van der Waals surface area contributed by atoms with Crippen molar-refractivity contribution in [1.29, 1.82) is 0 Å². The highest BCUT2D eigenvalue weighted by Crippen LogP contribution is 2.31. The van der Waals surface area contributed by atoms with Crippen LogP contribution in [0.15, 0.2) is 54.6 Å². The third-order valence-corrected chi connectivity index (χ3v) is 4.21. The number of imide groups is 1. The summed E-state index contributed by atoms with van der Waals surface area (Å²) in [5.74, 6) is 0.512. The quantitative estimate of drug-likeness (QED) is 0.815. The fourth-order valence-electron chi connectivity index (χ4n) is 2.91.